The van der Waals surface area contributed by atoms with Crippen LogP contribution in [0.15, 0.2) is 27.5 Å². The highest BCUT2D eigenvalue weighted by atomic mass is 79.9. The summed E-state index contributed by atoms with van der Waals surface area (Å²) < 4.78 is 10.9. The summed E-state index contributed by atoms with van der Waals surface area (Å²) in [5, 5.41) is 3.69. The van der Waals surface area contributed by atoms with Gasteiger partial charge in [0.2, 0.25) is 4.73 Å². The molecule has 0 bridgehead atoms. The monoisotopic (exact) mass is 266 g/mol. The van der Waals surface area contributed by atoms with Gasteiger partial charge < -0.3 is 9.26 Å². The molecular formula is C10H7BrN2O2. The quantitative estimate of drug-likeness (QED) is 0.796. The third-order valence-corrected chi connectivity index (χ3v) is 2.66. The van der Waals surface area contributed by atoms with Crippen molar-refractivity contribution in [3.05, 3.63) is 28.5 Å². The van der Waals surface area contributed by atoms with Gasteiger partial charge in [0.25, 0.3) is 5.89 Å². The predicted molar refractivity (Wildman–Crippen MR) is 56.6 cm³/mol. The zero-order valence-corrected chi connectivity index (χ0v) is 9.32. The van der Waals surface area contributed by atoms with Crippen LogP contribution in [0, 0.1) is 0 Å². The maximum Gasteiger partial charge on any atom is 0.258 e. The molecule has 0 atom stereocenters. The maximum absolute atomic E-state index is 5.42. The Morgan fingerprint density at radius 1 is 1.33 bits per heavy atom. The van der Waals surface area contributed by atoms with E-state index in [1.165, 1.54) is 5.56 Å². The second-order valence-electron chi connectivity index (χ2n) is 3.29. The summed E-state index contributed by atoms with van der Waals surface area (Å²) in [5.41, 5.74) is 2.12. The summed E-state index contributed by atoms with van der Waals surface area (Å²) in [4.78, 5) is 4.10. The van der Waals surface area contributed by atoms with Crippen LogP contribution in [0.4, 0.5) is 0 Å². The zero-order chi connectivity index (χ0) is 10.3. The number of nitrogens with zero attached hydrogens (tertiary/aromatic N) is 2. The van der Waals surface area contributed by atoms with Crippen molar-refractivity contribution < 1.29 is 9.26 Å². The third-order valence-electron chi connectivity index (χ3n) is 2.34. The van der Waals surface area contributed by atoms with Crippen molar-refractivity contribution in [1.82, 2.24) is 10.1 Å². The topological polar surface area (TPSA) is 48.2 Å². The van der Waals surface area contributed by atoms with E-state index in [2.05, 4.69) is 26.1 Å². The van der Waals surface area contributed by atoms with E-state index in [0.717, 1.165) is 24.3 Å². The number of hydrogen-bond acceptors (Lipinski definition) is 4. The first-order chi connectivity index (χ1) is 7.33. The van der Waals surface area contributed by atoms with Crippen molar-refractivity contribution in [3.8, 4) is 17.2 Å². The third kappa shape index (κ3) is 1.52. The van der Waals surface area contributed by atoms with E-state index in [4.69, 9.17) is 9.26 Å². The highest BCUT2D eigenvalue weighted by molar-refractivity contribution is 9.10. The SMILES string of the molecule is Brc1noc(-c2ccc3c(c2)CCO3)n1. The largest absolute Gasteiger partial charge is 0.493 e. The number of hydrogen-bond donors (Lipinski definition) is 0. The van der Waals surface area contributed by atoms with Crippen molar-refractivity contribution in [1.29, 1.82) is 0 Å². The first-order valence-corrected chi connectivity index (χ1v) is 5.37. The number of benzene rings is 1. The number of halogens is 1. The van der Waals surface area contributed by atoms with Crippen LogP contribution in [-0.2, 0) is 6.42 Å². The van der Waals surface area contributed by atoms with E-state index in [0.29, 0.717) is 10.6 Å². The Kier molecular flexibility index (Phi) is 1.98. The second kappa shape index (κ2) is 3.34. The number of ether oxygens (including phenoxy) is 1. The molecule has 0 fully saturated rings. The summed E-state index contributed by atoms with van der Waals surface area (Å²) in [6.07, 6.45) is 0.943. The lowest BCUT2D eigenvalue weighted by Crippen LogP contribution is -1.85. The van der Waals surface area contributed by atoms with Crippen LogP contribution in [-0.4, -0.2) is 16.7 Å². The molecule has 4 nitrogen and oxygen atoms in total. The van der Waals surface area contributed by atoms with Crippen LogP contribution >= 0.6 is 15.9 Å². The fourth-order valence-electron chi connectivity index (χ4n) is 1.64. The van der Waals surface area contributed by atoms with Gasteiger partial charge in [-0.15, -0.1) is 0 Å². The molecule has 1 aliphatic rings. The van der Waals surface area contributed by atoms with Gasteiger partial charge in [-0.1, -0.05) is 0 Å². The molecule has 0 unspecified atom stereocenters. The van der Waals surface area contributed by atoms with Gasteiger partial charge in [0, 0.05) is 12.0 Å². The molecule has 5 heteroatoms. The zero-order valence-electron chi connectivity index (χ0n) is 7.74. The molecule has 0 N–H and O–H groups in total. The van der Waals surface area contributed by atoms with E-state index in [9.17, 15) is 0 Å². The molecule has 2 heterocycles. The van der Waals surface area contributed by atoms with Gasteiger partial charge in [-0.3, -0.25) is 0 Å². The van der Waals surface area contributed by atoms with Gasteiger partial charge in [0.05, 0.1) is 6.61 Å². The highest BCUT2D eigenvalue weighted by Crippen LogP contribution is 2.29. The first kappa shape index (κ1) is 8.91. The minimum atomic E-state index is 0.467. The molecule has 1 aromatic carbocycles. The van der Waals surface area contributed by atoms with E-state index in [1.807, 2.05) is 18.2 Å². The van der Waals surface area contributed by atoms with Crippen molar-refractivity contribution in [2.75, 3.05) is 6.61 Å². The molecule has 2 aromatic rings. The van der Waals surface area contributed by atoms with Crippen LogP contribution in [0.1, 0.15) is 5.56 Å². The molecule has 0 amide bonds. The average molecular weight is 267 g/mol. The second-order valence-corrected chi connectivity index (χ2v) is 4.00. The number of aromatic nitrogens is 2. The molecule has 0 aliphatic carbocycles. The minimum Gasteiger partial charge on any atom is -0.493 e. The summed E-state index contributed by atoms with van der Waals surface area (Å²) in [6, 6.07) is 5.89. The Morgan fingerprint density at radius 2 is 2.27 bits per heavy atom. The van der Waals surface area contributed by atoms with Crippen LogP contribution in [0.2, 0.25) is 0 Å². The number of rotatable bonds is 1. The van der Waals surface area contributed by atoms with Gasteiger partial charge in [0.1, 0.15) is 5.75 Å². The van der Waals surface area contributed by atoms with Crippen molar-refractivity contribution in [3.63, 3.8) is 0 Å². The van der Waals surface area contributed by atoms with Crippen molar-refractivity contribution in [2.45, 2.75) is 6.42 Å². The van der Waals surface area contributed by atoms with Crippen LogP contribution < -0.4 is 4.74 Å². The molecule has 0 saturated carbocycles. The van der Waals surface area contributed by atoms with E-state index in [1.54, 1.807) is 0 Å². The molecule has 0 spiro atoms. The van der Waals surface area contributed by atoms with Crippen LogP contribution in [0.25, 0.3) is 11.5 Å². The summed E-state index contributed by atoms with van der Waals surface area (Å²) in [5.74, 6) is 1.48. The lowest BCUT2D eigenvalue weighted by molar-refractivity contribution is 0.357. The lowest BCUT2D eigenvalue weighted by atomic mass is 10.1. The Bertz CT molecular complexity index is 510. The Balaban J connectivity index is 2.06. The maximum atomic E-state index is 5.42. The predicted octanol–water partition coefficient (Wildman–Crippen LogP) is 2.43. The van der Waals surface area contributed by atoms with E-state index >= 15 is 0 Å². The normalized spacial score (nSPS) is 13.7. The molecule has 3 rings (SSSR count). The van der Waals surface area contributed by atoms with E-state index < -0.39 is 0 Å². The van der Waals surface area contributed by atoms with Crippen molar-refractivity contribution in [2.24, 2.45) is 0 Å². The smallest absolute Gasteiger partial charge is 0.258 e. The highest BCUT2D eigenvalue weighted by Gasteiger charge is 2.14. The molecular weight excluding hydrogens is 260 g/mol. The molecule has 0 radical (unpaired) electrons. The fraction of sp³-hybridized carbons (Fsp3) is 0.200. The summed E-state index contributed by atoms with van der Waals surface area (Å²) in [6.45, 7) is 0.756. The Morgan fingerprint density at radius 3 is 3.07 bits per heavy atom. The van der Waals surface area contributed by atoms with Crippen LogP contribution in [0.3, 0.4) is 0 Å². The van der Waals surface area contributed by atoms with Gasteiger partial charge >= 0.3 is 0 Å². The standard InChI is InChI=1S/C10H7BrN2O2/c11-10-12-9(15-13-10)7-1-2-8-6(5-7)3-4-14-8/h1-2,5H,3-4H2. The van der Waals surface area contributed by atoms with Crippen molar-refractivity contribution >= 4 is 15.9 Å². The molecule has 0 saturated heterocycles. The van der Waals surface area contributed by atoms with Gasteiger partial charge in [-0.2, -0.15) is 4.98 Å². The average Bonchev–Trinajstić information content (AvgIpc) is 2.84. The number of fused-ring (bicyclic) bond motifs is 1. The van der Waals surface area contributed by atoms with Gasteiger partial charge in [-0.05, 0) is 44.8 Å². The van der Waals surface area contributed by atoms with Crippen LogP contribution in [0.5, 0.6) is 5.75 Å². The lowest BCUT2D eigenvalue weighted by Gasteiger charge is -1.99. The van der Waals surface area contributed by atoms with E-state index in [-0.39, 0.29) is 0 Å². The summed E-state index contributed by atoms with van der Waals surface area (Å²) in [7, 11) is 0. The first-order valence-electron chi connectivity index (χ1n) is 4.58. The summed E-state index contributed by atoms with van der Waals surface area (Å²) >= 11 is 3.15. The molecule has 15 heavy (non-hydrogen) atoms. The molecule has 1 aromatic heterocycles. The molecule has 76 valence electrons. The molecule has 1 aliphatic heterocycles. The fourth-order valence-corrected chi connectivity index (χ4v) is 1.88. The van der Waals surface area contributed by atoms with Gasteiger partial charge in [-0.25, -0.2) is 0 Å². The minimum absolute atomic E-state index is 0.467. The Labute approximate surface area is 94.4 Å². The van der Waals surface area contributed by atoms with Gasteiger partial charge in [0.15, 0.2) is 0 Å². The Hall–Kier alpha value is -1.36.